The highest BCUT2D eigenvalue weighted by molar-refractivity contribution is 5.91. The monoisotopic (exact) mass is 304 g/mol. The van der Waals surface area contributed by atoms with Crippen LogP contribution < -0.4 is 5.32 Å². The van der Waals surface area contributed by atoms with Crippen molar-refractivity contribution in [1.29, 1.82) is 0 Å². The lowest BCUT2D eigenvalue weighted by Gasteiger charge is -2.40. The molecule has 0 unspecified atom stereocenters. The van der Waals surface area contributed by atoms with Crippen molar-refractivity contribution in [3.05, 3.63) is 29.8 Å². The van der Waals surface area contributed by atoms with E-state index in [-0.39, 0.29) is 17.9 Å². The Hall–Kier alpha value is -1.39. The van der Waals surface area contributed by atoms with E-state index in [2.05, 4.69) is 17.1 Å². The zero-order chi connectivity index (χ0) is 16.0. The number of amides is 1. The predicted molar refractivity (Wildman–Crippen MR) is 89.9 cm³/mol. The van der Waals surface area contributed by atoms with Gasteiger partial charge in [0.25, 0.3) is 0 Å². The minimum atomic E-state index is 0.0730. The zero-order valence-electron chi connectivity index (χ0n) is 13.8. The second-order valence-electron chi connectivity index (χ2n) is 6.47. The maximum absolute atomic E-state index is 12.1. The number of hydrogen-bond acceptors (Lipinski definition) is 3. The number of piperidine rings is 1. The fourth-order valence-electron chi connectivity index (χ4n) is 3.06. The number of likely N-dealkylation sites (tertiary alicyclic amines) is 1. The van der Waals surface area contributed by atoms with E-state index in [9.17, 15) is 9.90 Å². The molecule has 0 radical (unpaired) electrons. The minimum Gasteiger partial charge on any atom is -0.396 e. The van der Waals surface area contributed by atoms with Crippen molar-refractivity contribution in [2.45, 2.75) is 39.5 Å². The number of nitrogens with one attached hydrogen (secondary N) is 1. The Morgan fingerprint density at radius 2 is 2.00 bits per heavy atom. The van der Waals surface area contributed by atoms with E-state index in [1.54, 1.807) is 0 Å². The van der Waals surface area contributed by atoms with Crippen molar-refractivity contribution in [2.24, 2.45) is 5.41 Å². The van der Waals surface area contributed by atoms with E-state index in [1.807, 2.05) is 31.2 Å². The lowest BCUT2D eigenvalue weighted by atomic mass is 9.77. The topological polar surface area (TPSA) is 52.6 Å². The molecule has 1 aromatic carbocycles. The van der Waals surface area contributed by atoms with Gasteiger partial charge in [0, 0.05) is 25.3 Å². The Kier molecular flexibility index (Phi) is 5.98. The highest BCUT2D eigenvalue weighted by Gasteiger charge is 2.32. The summed E-state index contributed by atoms with van der Waals surface area (Å²) >= 11 is 0. The van der Waals surface area contributed by atoms with E-state index in [4.69, 9.17) is 0 Å². The number of carbonyl (C=O) groups is 1. The fourth-order valence-corrected chi connectivity index (χ4v) is 3.06. The van der Waals surface area contributed by atoms with Gasteiger partial charge < -0.3 is 15.3 Å². The van der Waals surface area contributed by atoms with Gasteiger partial charge in [-0.05, 0) is 56.3 Å². The molecule has 1 aliphatic rings. The molecular formula is C18H28N2O2. The Balaban J connectivity index is 1.75. The molecule has 4 nitrogen and oxygen atoms in total. The summed E-state index contributed by atoms with van der Waals surface area (Å²) in [6, 6.07) is 7.84. The fraction of sp³-hybridized carbons (Fsp3) is 0.611. The number of aliphatic hydroxyl groups excluding tert-OH is 1. The summed E-state index contributed by atoms with van der Waals surface area (Å²) < 4.78 is 0. The SMILES string of the molecule is CCC1(CO)CCN(CCC(=O)Nc2ccccc2C)CC1. The first-order valence-corrected chi connectivity index (χ1v) is 8.27. The molecule has 1 aromatic rings. The van der Waals surface area contributed by atoms with E-state index in [0.717, 1.165) is 50.1 Å². The molecule has 0 atom stereocenters. The third-order valence-electron chi connectivity index (χ3n) is 5.08. The van der Waals surface area contributed by atoms with Crippen molar-refractivity contribution in [3.8, 4) is 0 Å². The van der Waals surface area contributed by atoms with Crippen LogP contribution in [-0.2, 0) is 4.79 Å². The van der Waals surface area contributed by atoms with E-state index < -0.39 is 0 Å². The largest absolute Gasteiger partial charge is 0.396 e. The van der Waals surface area contributed by atoms with Crippen LogP contribution in [-0.4, -0.2) is 42.2 Å². The number of aryl methyl sites for hydroxylation is 1. The molecule has 22 heavy (non-hydrogen) atoms. The van der Waals surface area contributed by atoms with Gasteiger partial charge in [-0.1, -0.05) is 25.1 Å². The number of para-hydroxylation sites is 1. The summed E-state index contributed by atoms with van der Waals surface area (Å²) in [6.07, 6.45) is 3.61. The summed E-state index contributed by atoms with van der Waals surface area (Å²) in [5.74, 6) is 0.0730. The van der Waals surface area contributed by atoms with Gasteiger partial charge in [-0.2, -0.15) is 0 Å². The Bertz CT molecular complexity index is 488. The molecule has 0 aromatic heterocycles. The Morgan fingerprint density at radius 1 is 1.32 bits per heavy atom. The minimum absolute atomic E-state index is 0.0730. The van der Waals surface area contributed by atoms with Crippen molar-refractivity contribution < 1.29 is 9.90 Å². The molecule has 0 bridgehead atoms. The molecule has 4 heteroatoms. The lowest BCUT2D eigenvalue weighted by molar-refractivity contribution is -0.116. The van der Waals surface area contributed by atoms with Gasteiger partial charge in [0.15, 0.2) is 0 Å². The molecule has 1 fully saturated rings. The van der Waals surface area contributed by atoms with Gasteiger partial charge in [-0.15, -0.1) is 0 Å². The van der Waals surface area contributed by atoms with Crippen LogP contribution in [0.3, 0.4) is 0 Å². The van der Waals surface area contributed by atoms with Gasteiger partial charge in [0.2, 0.25) is 5.91 Å². The van der Waals surface area contributed by atoms with Gasteiger partial charge >= 0.3 is 0 Å². The molecule has 1 heterocycles. The number of anilines is 1. The van der Waals surface area contributed by atoms with Gasteiger partial charge in [0.1, 0.15) is 0 Å². The quantitative estimate of drug-likeness (QED) is 0.849. The highest BCUT2D eigenvalue weighted by Crippen LogP contribution is 2.34. The van der Waals surface area contributed by atoms with Gasteiger partial charge in [-0.3, -0.25) is 4.79 Å². The Morgan fingerprint density at radius 3 is 2.59 bits per heavy atom. The predicted octanol–water partition coefficient (Wildman–Crippen LogP) is 2.81. The van der Waals surface area contributed by atoms with E-state index in [1.165, 1.54) is 0 Å². The van der Waals surface area contributed by atoms with Crippen molar-refractivity contribution in [2.75, 3.05) is 31.6 Å². The van der Waals surface area contributed by atoms with Crippen LogP contribution >= 0.6 is 0 Å². The molecule has 2 N–H and O–H groups in total. The zero-order valence-corrected chi connectivity index (χ0v) is 13.8. The number of benzene rings is 1. The van der Waals surface area contributed by atoms with Crippen LogP contribution in [0.25, 0.3) is 0 Å². The number of carbonyl (C=O) groups excluding carboxylic acids is 1. The molecule has 0 aliphatic carbocycles. The summed E-state index contributed by atoms with van der Waals surface area (Å²) in [6.45, 7) is 7.19. The molecular weight excluding hydrogens is 276 g/mol. The normalized spacial score (nSPS) is 18.1. The number of rotatable bonds is 6. The van der Waals surface area contributed by atoms with E-state index >= 15 is 0 Å². The van der Waals surface area contributed by atoms with Crippen LogP contribution in [0.4, 0.5) is 5.69 Å². The van der Waals surface area contributed by atoms with Crippen molar-refractivity contribution in [1.82, 2.24) is 4.90 Å². The third-order valence-corrected chi connectivity index (χ3v) is 5.08. The highest BCUT2D eigenvalue weighted by atomic mass is 16.3. The van der Waals surface area contributed by atoms with Gasteiger partial charge in [-0.25, -0.2) is 0 Å². The summed E-state index contributed by atoms with van der Waals surface area (Å²) in [5.41, 5.74) is 2.10. The second-order valence-corrected chi connectivity index (χ2v) is 6.47. The number of nitrogens with zero attached hydrogens (tertiary/aromatic N) is 1. The summed E-state index contributed by atoms with van der Waals surface area (Å²) in [4.78, 5) is 14.4. The average Bonchev–Trinajstić information content (AvgIpc) is 2.56. The van der Waals surface area contributed by atoms with Crippen LogP contribution in [0.2, 0.25) is 0 Å². The molecule has 1 aliphatic heterocycles. The summed E-state index contributed by atoms with van der Waals surface area (Å²) in [5, 5.41) is 12.5. The molecule has 1 amide bonds. The molecule has 2 rings (SSSR count). The Labute approximate surface area is 133 Å². The van der Waals surface area contributed by atoms with Crippen LogP contribution in [0, 0.1) is 12.3 Å². The van der Waals surface area contributed by atoms with Gasteiger partial charge in [0.05, 0.1) is 0 Å². The molecule has 1 saturated heterocycles. The first kappa shape index (κ1) is 17.0. The summed E-state index contributed by atoms with van der Waals surface area (Å²) in [7, 11) is 0. The third kappa shape index (κ3) is 4.31. The maximum atomic E-state index is 12.1. The maximum Gasteiger partial charge on any atom is 0.225 e. The van der Waals surface area contributed by atoms with E-state index in [0.29, 0.717) is 6.42 Å². The smallest absolute Gasteiger partial charge is 0.225 e. The van der Waals surface area contributed by atoms with Crippen LogP contribution in [0.15, 0.2) is 24.3 Å². The van der Waals surface area contributed by atoms with Crippen LogP contribution in [0.1, 0.15) is 38.2 Å². The molecule has 0 saturated carbocycles. The number of aliphatic hydroxyl groups is 1. The van der Waals surface area contributed by atoms with Crippen molar-refractivity contribution >= 4 is 11.6 Å². The second kappa shape index (κ2) is 7.75. The first-order chi connectivity index (χ1) is 10.6. The standard InChI is InChI=1S/C18H28N2O2/c1-3-18(14-21)9-12-20(13-10-18)11-8-17(22)19-16-7-5-4-6-15(16)2/h4-7,21H,3,8-14H2,1-2H3,(H,19,22). The molecule has 122 valence electrons. The molecule has 0 spiro atoms. The first-order valence-electron chi connectivity index (χ1n) is 8.27. The number of hydrogen-bond donors (Lipinski definition) is 2. The van der Waals surface area contributed by atoms with Crippen LogP contribution in [0.5, 0.6) is 0 Å². The lowest BCUT2D eigenvalue weighted by Crippen LogP contribution is -2.42. The average molecular weight is 304 g/mol. The van der Waals surface area contributed by atoms with Crippen molar-refractivity contribution in [3.63, 3.8) is 0 Å².